The van der Waals surface area contributed by atoms with Crippen LogP contribution in [-0.4, -0.2) is 42.8 Å². The van der Waals surface area contributed by atoms with Crippen LogP contribution in [-0.2, 0) is 24.5 Å². The summed E-state index contributed by atoms with van der Waals surface area (Å²) in [6.07, 6.45) is 7.24. The summed E-state index contributed by atoms with van der Waals surface area (Å²) in [6, 6.07) is 11.0. The molecule has 2 aromatic heterocycles. The molecule has 0 N–H and O–H groups in total. The summed E-state index contributed by atoms with van der Waals surface area (Å²) >= 11 is 0. The van der Waals surface area contributed by atoms with Gasteiger partial charge in [0, 0.05) is 37.4 Å². The van der Waals surface area contributed by atoms with Gasteiger partial charge < -0.3 is 4.74 Å². The summed E-state index contributed by atoms with van der Waals surface area (Å²) in [6.45, 7) is 8.36. The average Bonchev–Trinajstić information content (AvgIpc) is 3.43. The second-order valence-corrected chi connectivity index (χ2v) is 7.77. The number of nitrogens with zero attached hydrogens (tertiary/aromatic N) is 6. The normalized spacial score (nSPS) is 17.6. The summed E-state index contributed by atoms with van der Waals surface area (Å²) in [4.78, 5) is 2.46. The first-order valence-electron chi connectivity index (χ1n) is 9.95. The van der Waals surface area contributed by atoms with Crippen LogP contribution in [0.3, 0.4) is 0 Å². The summed E-state index contributed by atoms with van der Waals surface area (Å²) in [5.74, 6) is 0. The van der Waals surface area contributed by atoms with Crippen molar-refractivity contribution in [1.29, 1.82) is 0 Å². The number of hydrogen-bond donors (Lipinski definition) is 0. The summed E-state index contributed by atoms with van der Waals surface area (Å²) in [7, 11) is 0. The number of benzene rings is 1. The van der Waals surface area contributed by atoms with E-state index in [2.05, 4.69) is 52.5 Å². The lowest BCUT2D eigenvalue weighted by atomic mass is 10.2. The molecule has 0 bridgehead atoms. The molecule has 1 aliphatic rings. The molecule has 148 valence electrons. The van der Waals surface area contributed by atoms with E-state index in [0.717, 1.165) is 31.7 Å². The second-order valence-electron chi connectivity index (χ2n) is 7.77. The van der Waals surface area contributed by atoms with Gasteiger partial charge in [0.2, 0.25) is 0 Å². The third kappa shape index (κ3) is 4.66. The minimum atomic E-state index is 0.371. The molecule has 0 amide bonds. The molecular weight excluding hydrogens is 352 g/mol. The molecule has 1 aliphatic heterocycles. The lowest BCUT2D eigenvalue weighted by molar-refractivity contribution is 0.104. The van der Waals surface area contributed by atoms with Crippen LogP contribution in [0.4, 0.5) is 0 Å². The van der Waals surface area contributed by atoms with E-state index >= 15 is 0 Å². The molecule has 28 heavy (non-hydrogen) atoms. The highest BCUT2D eigenvalue weighted by atomic mass is 16.5. The molecule has 3 aromatic rings. The van der Waals surface area contributed by atoms with E-state index in [0.29, 0.717) is 25.3 Å². The molecule has 1 atom stereocenters. The summed E-state index contributed by atoms with van der Waals surface area (Å²) in [5, 5.41) is 13.1. The zero-order valence-electron chi connectivity index (χ0n) is 16.6. The van der Waals surface area contributed by atoms with Crippen LogP contribution in [0.5, 0.6) is 0 Å². The third-order valence-corrected chi connectivity index (χ3v) is 5.13. The number of rotatable bonds is 8. The smallest absolute Gasteiger partial charge is 0.108 e. The molecular formula is C21H28N6O. The van der Waals surface area contributed by atoms with Crippen LogP contribution in [0, 0.1) is 0 Å². The number of hydrogen-bond acceptors (Lipinski definition) is 5. The second kappa shape index (κ2) is 8.67. The fourth-order valence-electron chi connectivity index (χ4n) is 3.58. The highest BCUT2D eigenvalue weighted by Crippen LogP contribution is 2.23. The first-order valence-corrected chi connectivity index (χ1v) is 9.95. The van der Waals surface area contributed by atoms with Crippen LogP contribution < -0.4 is 0 Å². The van der Waals surface area contributed by atoms with Crippen molar-refractivity contribution in [1.82, 2.24) is 29.7 Å². The lowest BCUT2D eigenvalue weighted by Gasteiger charge is -2.14. The number of ether oxygens (including phenoxy) is 1. The fraction of sp³-hybridized carbons (Fsp3) is 0.476. The Morgan fingerprint density at radius 1 is 1.11 bits per heavy atom. The molecule has 4 rings (SSSR count). The quantitative estimate of drug-likeness (QED) is 0.600. The predicted octanol–water partition coefficient (Wildman–Crippen LogP) is 3.22. The van der Waals surface area contributed by atoms with Gasteiger partial charge in [-0.1, -0.05) is 35.5 Å². The van der Waals surface area contributed by atoms with Crippen LogP contribution in [0.25, 0.3) is 0 Å². The Morgan fingerprint density at radius 3 is 2.75 bits per heavy atom. The van der Waals surface area contributed by atoms with Crippen molar-refractivity contribution >= 4 is 0 Å². The molecule has 1 aromatic carbocycles. The maximum atomic E-state index is 5.77. The van der Waals surface area contributed by atoms with Gasteiger partial charge in [0.1, 0.15) is 5.69 Å². The molecule has 1 saturated heterocycles. The first kappa shape index (κ1) is 18.8. The zero-order valence-corrected chi connectivity index (χ0v) is 16.6. The molecule has 7 heteroatoms. The third-order valence-electron chi connectivity index (χ3n) is 5.13. The molecule has 3 heterocycles. The average molecular weight is 380 g/mol. The van der Waals surface area contributed by atoms with E-state index in [9.17, 15) is 0 Å². The summed E-state index contributed by atoms with van der Waals surface area (Å²) < 4.78 is 9.78. The monoisotopic (exact) mass is 380 g/mol. The Bertz CT molecular complexity index is 872. The standard InChI is InChI=1S/C21H28N6O/c1-17(2)26-12-19(10-22-26)11-25-9-8-21(14-25)27-13-20(23-24-27)16-28-15-18-6-4-3-5-7-18/h3-7,10,12-13,17,21H,8-9,11,14-16H2,1-2H3. The van der Waals surface area contributed by atoms with Crippen molar-refractivity contribution in [3.8, 4) is 0 Å². The molecule has 0 spiro atoms. The van der Waals surface area contributed by atoms with Gasteiger partial charge in [-0.25, -0.2) is 4.68 Å². The fourth-order valence-corrected chi connectivity index (χ4v) is 3.58. The van der Waals surface area contributed by atoms with Crippen molar-refractivity contribution in [2.45, 2.75) is 52.1 Å². The highest BCUT2D eigenvalue weighted by molar-refractivity contribution is 5.13. The topological polar surface area (TPSA) is 61.0 Å². The maximum Gasteiger partial charge on any atom is 0.108 e. The predicted molar refractivity (Wildman–Crippen MR) is 107 cm³/mol. The molecule has 0 radical (unpaired) electrons. The lowest BCUT2D eigenvalue weighted by Crippen LogP contribution is -2.21. The van der Waals surface area contributed by atoms with Crippen molar-refractivity contribution < 1.29 is 4.74 Å². The van der Waals surface area contributed by atoms with Crippen LogP contribution >= 0.6 is 0 Å². The zero-order chi connectivity index (χ0) is 19.3. The molecule has 1 unspecified atom stereocenters. The van der Waals surface area contributed by atoms with Gasteiger partial charge in [-0.3, -0.25) is 9.58 Å². The van der Waals surface area contributed by atoms with E-state index in [4.69, 9.17) is 4.74 Å². The van der Waals surface area contributed by atoms with Crippen molar-refractivity contribution in [3.63, 3.8) is 0 Å². The van der Waals surface area contributed by atoms with Gasteiger partial charge in [0.25, 0.3) is 0 Å². The van der Waals surface area contributed by atoms with Gasteiger partial charge in [-0.15, -0.1) is 5.10 Å². The minimum absolute atomic E-state index is 0.371. The molecule has 0 aliphatic carbocycles. The summed E-state index contributed by atoms with van der Waals surface area (Å²) in [5.41, 5.74) is 3.32. The number of aromatic nitrogens is 5. The largest absolute Gasteiger partial charge is 0.370 e. The van der Waals surface area contributed by atoms with Gasteiger partial charge in [0.05, 0.1) is 31.6 Å². The van der Waals surface area contributed by atoms with E-state index in [1.165, 1.54) is 11.1 Å². The SMILES string of the molecule is CC(C)n1cc(CN2CCC(n3cc(COCc4ccccc4)nn3)C2)cn1. The van der Waals surface area contributed by atoms with E-state index in [1.54, 1.807) is 0 Å². The highest BCUT2D eigenvalue weighted by Gasteiger charge is 2.25. The Morgan fingerprint density at radius 2 is 1.96 bits per heavy atom. The Hall–Kier alpha value is -2.51. The Balaban J connectivity index is 1.26. The van der Waals surface area contributed by atoms with E-state index in [-0.39, 0.29) is 0 Å². The first-order chi connectivity index (χ1) is 13.7. The van der Waals surface area contributed by atoms with Gasteiger partial charge in [0.15, 0.2) is 0 Å². The molecule has 0 saturated carbocycles. The van der Waals surface area contributed by atoms with Crippen molar-refractivity contribution in [2.75, 3.05) is 13.1 Å². The van der Waals surface area contributed by atoms with Crippen LogP contribution in [0.1, 0.15) is 49.2 Å². The number of likely N-dealkylation sites (tertiary alicyclic amines) is 1. The van der Waals surface area contributed by atoms with Gasteiger partial charge in [-0.2, -0.15) is 5.10 Å². The van der Waals surface area contributed by atoms with E-state index < -0.39 is 0 Å². The molecule has 7 nitrogen and oxygen atoms in total. The van der Waals surface area contributed by atoms with Gasteiger partial charge in [-0.05, 0) is 25.8 Å². The molecule has 1 fully saturated rings. The van der Waals surface area contributed by atoms with Gasteiger partial charge >= 0.3 is 0 Å². The van der Waals surface area contributed by atoms with Crippen LogP contribution in [0.15, 0.2) is 48.9 Å². The minimum Gasteiger partial charge on any atom is -0.370 e. The Kier molecular flexibility index (Phi) is 5.83. The maximum absolute atomic E-state index is 5.77. The van der Waals surface area contributed by atoms with Crippen molar-refractivity contribution in [3.05, 3.63) is 65.7 Å². The van der Waals surface area contributed by atoms with Crippen molar-refractivity contribution in [2.24, 2.45) is 0 Å². The van der Waals surface area contributed by atoms with Crippen LogP contribution in [0.2, 0.25) is 0 Å². The van der Waals surface area contributed by atoms with E-state index in [1.807, 2.05) is 40.0 Å². The Labute approximate surface area is 165 Å².